The molecule has 0 radical (unpaired) electrons. The van der Waals surface area contributed by atoms with E-state index in [9.17, 15) is 23.1 Å². The molecule has 0 saturated carbocycles. The van der Waals surface area contributed by atoms with Crippen molar-refractivity contribution in [2.45, 2.75) is 19.4 Å². The van der Waals surface area contributed by atoms with Crippen LogP contribution in [-0.2, 0) is 26.1 Å². The van der Waals surface area contributed by atoms with Crippen LogP contribution in [0.3, 0.4) is 0 Å². The Balaban J connectivity index is 1.79. The minimum atomic E-state index is -3.60. The van der Waals surface area contributed by atoms with Crippen LogP contribution in [0.1, 0.15) is 28.4 Å². The van der Waals surface area contributed by atoms with Crippen molar-refractivity contribution in [3.05, 3.63) is 102 Å². The lowest BCUT2D eigenvalue weighted by molar-refractivity contribution is -0.149. The zero-order chi connectivity index (χ0) is 26.8. The molecule has 8 nitrogen and oxygen atoms in total. The Morgan fingerprint density at radius 3 is 2.19 bits per heavy atom. The van der Waals surface area contributed by atoms with Crippen LogP contribution in [0.25, 0.3) is 6.08 Å². The Kier molecular flexibility index (Phi) is 9.59. The number of amides is 1. The Hall–Kier alpha value is -3.95. The third-order valence-corrected chi connectivity index (χ3v) is 5.80. The van der Waals surface area contributed by atoms with Gasteiger partial charge in [0.15, 0.2) is 6.10 Å². The number of ether oxygens (including phenoxy) is 1. The Bertz CT molecular complexity index is 1320. The second-order valence-electron chi connectivity index (χ2n) is 8.19. The van der Waals surface area contributed by atoms with E-state index in [4.69, 9.17) is 8.92 Å². The molecule has 0 heterocycles. The zero-order valence-electron chi connectivity index (χ0n) is 20.6. The maximum absolute atomic E-state index is 13.3. The molecule has 1 N–H and O–H groups in total. The molecule has 0 unspecified atom stereocenters. The summed E-state index contributed by atoms with van der Waals surface area (Å²) in [6.45, 7) is 2.32. The van der Waals surface area contributed by atoms with E-state index < -0.39 is 22.2 Å². The third-order valence-electron chi connectivity index (χ3n) is 5.30. The normalized spacial score (nSPS) is 12.3. The molecule has 194 valence electrons. The van der Waals surface area contributed by atoms with Crippen LogP contribution < -0.4 is 9.08 Å². The van der Waals surface area contributed by atoms with E-state index in [1.54, 1.807) is 84.6 Å². The summed E-state index contributed by atoms with van der Waals surface area (Å²) in [4.78, 5) is 26.4. The van der Waals surface area contributed by atoms with Crippen molar-refractivity contribution in [2.24, 2.45) is 0 Å². The fourth-order valence-corrected chi connectivity index (χ4v) is 4.05. The summed E-state index contributed by atoms with van der Waals surface area (Å²) in [7, 11) is -3.60. The molecule has 37 heavy (non-hydrogen) atoms. The molecule has 3 aromatic rings. The number of nitrogens with zero attached hydrogens (tertiary/aromatic N) is 1. The molecular formula is C28H29NO7S. The van der Waals surface area contributed by atoms with Gasteiger partial charge in [0.05, 0.1) is 6.26 Å². The Morgan fingerprint density at radius 2 is 1.62 bits per heavy atom. The lowest BCUT2D eigenvalue weighted by Crippen LogP contribution is -2.31. The lowest BCUT2D eigenvalue weighted by atomic mass is 10.1. The van der Waals surface area contributed by atoms with Gasteiger partial charge < -0.3 is 18.9 Å². The van der Waals surface area contributed by atoms with Crippen molar-refractivity contribution in [2.75, 3.05) is 24.3 Å². The van der Waals surface area contributed by atoms with Crippen molar-refractivity contribution in [1.29, 1.82) is 0 Å². The van der Waals surface area contributed by atoms with E-state index in [0.29, 0.717) is 17.9 Å². The highest BCUT2D eigenvalue weighted by atomic mass is 32.2. The first-order chi connectivity index (χ1) is 17.7. The Morgan fingerprint density at radius 1 is 0.973 bits per heavy atom. The van der Waals surface area contributed by atoms with Gasteiger partial charge in [-0.15, -0.1) is 0 Å². The molecule has 0 aliphatic rings. The number of carboxylic acid groups (broad SMARTS) is 1. The quantitative estimate of drug-likeness (QED) is 0.350. The maximum atomic E-state index is 13.3. The van der Waals surface area contributed by atoms with E-state index in [0.717, 1.165) is 17.4 Å². The van der Waals surface area contributed by atoms with E-state index in [1.807, 2.05) is 18.2 Å². The minimum Gasteiger partial charge on any atom is -0.479 e. The third kappa shape index (κ3) is 8.59. The summed E-state index contributed by atoms with van der Waals surface area (Å²) >= 11 is 0. The van der Waals surface area contributed by atoms with Crippen LogP contribution in [0.15, 0.2) is 84.9 Å². The van der Waals surface area contributed by atoms with Gasteiger partial charge in [0.2, 0.25) is 0 Å². The molecule has 0 bridgehead atoms. The lowest BCUT2D eigenvalue weighted by Gasteiger charge is -2.22. The van der Waals surface area contributed by atoms with E-state index >= 15 is 0 Å². The Labute approximate surface area is 216 Å². The molecule has 0 spiro atoms. The van der Waals surface area contributed by atoms with E-state index in [2.05, 4.69) is 0 Å². The number of anilines is 1. The van der Waals surface area contributed by atoms with Crippen molar-refractivity contribution >= 4 is 33.8 Å². The number of hydrogen-bond acceptors (Lipinski definition) is 6. The highest BCUT2D eigenvalue weighted by molar-refractivity contribution is 7.86. The molecule has 1 amide bonds. The van der Waals surface area contributed by atoms with Crippen LogP contribution in [0, 0.1) is 0 Å². The van der Waals surface area contributed by atoms with E-state index in [-0.39, 0.29) is 24.6 Å². The van der Waals surface area contributed by atoms with Gasteiger partial charge in [-0.2, -0.15) is 8.42 Å². The summed E-state index contributed by atoms with van der Waals surface area (Å²) < 4.78 is 32.7. The fourth-order valence-electron chi connectivity index (χ4n) is 3.59. The smallest absolute Gasteiger partial charge is 0.333 e. The molecule has 0 aromatic heterocycles. The van der Waals surface area contributed by atoms with Crippen molar-refractivity contribution in [3.63, 3.8) is 0 Å². The zero-order valence-corrected chi connectivity index (χ0v) is 21.4. The summed E-state index contributed by atoms with van der Waals surface area (Å²) in [6.07, 6.45) is 3.92. The molecule has 1 atom stereocenters. The van der Waals surface area contributed by atoms with Gasteiger partial charge >= 0.3 is 16.1 Å². The molecule has 0 aliphatic carbocycles. The first-order valence-electron chi connectivity index (χ1n) is 11.6. The van der Waals surface area contributed by atoms with Crippen LogP contribution in [-0.4, -0.2) is 50.9 Å². The SMILES string of the molecule is CCO[C@@H](Cc1ccc(N(C/C=C/c2ccc(OS(C)(=O)=O)cc2)C(=O)c2ccccc2)cc1)C(=O)O. The molecule has 0 fully saturated rings. The average molecular weight is 524 g/mol. The fraction of sp³-hybridized carbons (Fsp3) is 0.214. The van der Waals surface area contributed by atoms with Crippen LogP contribution in [0.5, 0.6) is 5.75 Å². The second-order valence-corrected chi connectivity index (χ2v) is 9.77. The van der Waals surface area contributed by atoms with Crippen LogP contribution >= 0.6 is 0 Å². The first-order valence-corrected chi connectivity index (χ1v) is 13.4. The molecule has 3 rings (SSSR count). The minimum absolute atomic E-state index is 0.187. The highest BCUT2D eigenvalue weighted by Crippen LogP contribution is 2.21. The molecule has 9 heteroatoms. The van der Waals surface area contributed by atoms with E-state index in [1.165, 1.54) is 0 Å². The largest absolute Gasteiger partial charge is 0.479 e. The summed E-state index contributed by atoms with van der Waals surface area (Å²) in [5.41, 5.74) is 2.77. The van der Waals surface area contributed by atoms with Gasteiger partial charge in [0, 0.05) is 30.8 Å². The highest BCUT2D eigenvalue weighted by Gasteiger charge is 2.19. The van der Waals surface area contributed by atoms with Gasteiger partial charge in [-0.3, -0.25) is 4.79 Å². The number of hydrogen-bond donors (Lipinski definition) is 1. The summed E-state index contributed by atoms with van der Waals surface area (Å²) in [5.74, 6) is -0.990. The number of carbonyl (C=O) groups excluding carboxylic acids is 1. The van der Waals surface area contributed by atoms with Crippen LogP contribution in [0.2, 0.25) is 0 Å². The summed E-state index contributed by atoms with van der Waals surface area (Å²) in [6, 6.07) is 22.6. The monoisotopic (exact) mass is 523 g/mol. The number of aliphatic carboxylic acids is 1. The topological polar surface area (TPSA) is 110 Å². The van der Waals surface area contributed by atoms with Gasteiger partial charge in [0.25, 0.3) is 5.91 Å². The molecule has 3 aromatic carbocycles. The second kappa shape index (κ2) is 12.8. The maximum Gasteiger partial charge on any atom is 0.333 e. The molecule has 0 aliphatic heterocycles. The molecule has 0 saturated heterocycles. The van der Waals surface area contributed by atoms with Crippen molar-refractivity contribution < 1.29 is 32.0 Å². The number of carbonyl (C=O) groups is 2. The molecular weight excluding hydrogens is 494 g/mol. The predicted molar refractivity (Wildman–Crippen MR) is 142 cm³/mol. The number of rotatable bonds is 12. The average Bonchev–Trinajstić information content (AvgIpc) is 2.87. The van der Waals surface area contributed by atoms with Crippen molar-refractivity contribution in [1.82, 2.24) is 0 Å². The van der Waals surface area contributed by atoms with Gasteiger partial charge in [-0.25, -0.2) is 4.79 Å². The van der Waals surface area contributed by atoms with Crippen LogP contribution in [0.4, 0.5) is 5.69 Å². The van der Waals surface area contributed by atoms with Gasteiger partial charge in [-0.05, 0) is 54.4 Å². The standard InChI is InChI=1S/C28H29NO7S/c1-3-35-26(28(31)32)20-22-11-15-24(16-12-22)29(27(30)23-9-5-4-6-10-23)19-7-8-21-13-17-25(18-14-21)36-37(2,33)34/h4-18,26H,3,19-20H2,1-2H3,(H,31,32)/b8-7+/t26-/m0/s1. The number of benzene rings is 3. The first kappa shape index (κ1) is 27.6. The number of carboxylic acids is 1. The van der Waals surface area contributed by atoms with Crippen molar-refractivity contribution in [3.8, 4) is 5.75 Å². The predicted octanol–water partition coefficient (Wildman–Crippen LogP) is 4.42. The summed E-state index contributed by atoms with van der Waals surface area (Å²) in [5, 5.41) is 9.34. The van der Waals surface area contributed by atoms with Gasteiger partial charge in [0.1, 0.15) is 5.75 Å². The van der Waals surface area contributed by atoms with Gasteiger partial charge in [-0.1, -0.05) is 54.6 Å².